The quantitative estimate of drug-likeness (QED) is 0.275. The van der Waals surface area contributed by atoms with Gasteiger partial charge in [0, 0.05) is 20.0 Å². The lowest BCUT2D eigenvalue weighted by molar-refractivity contribution is -0.134. The standard InChI is InChI=1S/C27H26N6O4S2/c1-32(16-20-10-6-3-7-11-20)26(34)24(14-19-8-4-2-5-9-19)33-17-21(30-31-33)18-37-22-12-13-23-25(15-22)38-27(29-23)39(28,35)36/h2-13,15,17,24H,14,16,18H2,1H3,(H2,28,35,36). The van der Waals surface area contributed by atoms with Crippen molar-refractivity contribution in [3.63, 3.8) is 0 Å². The summed E-state index contributed by atoms with van der Waals surface area (Å²) < 4.78 is 31.2. The van der Waals surface area contributed by atoms with Crippen molar-refractivity contribution < 1.29 is 17.9 Å². The number of fused-ring (bicyclic) bond motifs is 1. The predicted molar refractivity (Wildman–Crippen MR) is 147 cm³/mol. The number of rotatable bonds is 10. The summed E-state index contributed by atoms with van der Waals surface area (Å²) in [5.41, 5.74) is 3.10. The minimum Gasteiger partial charge on any atom is -0.487 e. The third kappa shape index (κ3) is 6.48. The molecule has 2 heterocycles. The number of ether oxygens (including phenoxy) is 1. The summed E-state index contributed by atoms with van der Waals surface area (Å²) in [4.78, 5) is 19.3. The Hall–Kier alpha value is -4.13. The monoisotopic (exact) mass is 562 g/mol. The Balaban J connectivity index is 1.32. The van der Waals surface area contributed by atoms with Crippen LogP contribution in [-0.4, -0.2) is 46.3 Å². The first-order valence-electron chi connectivity index (χ1n) is 12.1. The van der Waals surface area contributed by atoms with Gasteiger partial charge in [-0.2, -0.15) is 0 Å². The van der Waals surface area contributed by atoms with Gasteiger partial charge in [0.1, 0.15) is 24.1 Å². The molecule has 12 heteroatoms. The SMILES string of the molecule is CN(Cc1ccccc1)C(=O)C(Cc1ccccc1)n1cc(COc2ccc3nc(S(N)(=O)=O)sc3c2)nn1. The molecule has 0 saturated heterocycles. The van der Waals surface area contributed by atoms with E-state index < -0.39 is 16.1 Å². The number of likely N-dealkylation sites (N-methyl/N-ethyl adjacent to an activating group) is 1. The number of aromatic nitrogens is 4. The molecule has 0 radical (unpaired) electrons. The van der Waals surface area contributed by atoms with E-state index in [-0.39, 0.29) is 16.9 Å². The zero-order valence-corrected chi connectivity index (χ0v) is 22.7. The van der Waals surface area contributed by atoms with Crippen molar-refractivity contribution in [3.8, 4) is 5.75 Å². The smallest absolute Gasteiger partial charge is 0.265 e. The number of nitrogens with zero attached hydrogens (tertiary/aromatic N) is 5. The van der Waals surface area contributed by atoms with Gasteiger partial charge in [0.2, 0.25) is 10.2 Å². The number of sulfonamides is 1. The van der Waals surface area contributed by atoms with Gasteiger partial charge in [-0.05, 0) is 29.3 Å². The Morgan fingerprint density at radius 3 is 2.44 bits per heavy atom. The molecule has 2 N–H and O–H groups in total. The molecule has 39 heavy (non-hydrogen) atoms. The summed E-state index contributed by atoms with van der Waals surface area (Å²) in [5.74, 6) is 0.433. The van der Waals surface area contributed by atoms with Crippen LogP contribution >= 0.6 is 11.3 Å². The lowest BCUT2D eigenvalue weighted by atomic mass is 10.0. The molecule has 2 aromatic heterocycles. The molecule has 0 saturated carbocycles. The van der Waals surface area contributed by atoms with Gasteiger partial charge in [-0.25, -0.2) is 23.2 Å². The number of hydrogen-bond donors (Lipinski definition) is 1. The molecule has 200 valence electrons. The topological polar surface area (TPSA) is 133 Å². The van der Waals surface area contributed by atoms with Gasteiger partial charge in [0.15, 0.2) is 0 Å². The van der Waals surface area contributed by atoms with Gasteiger partial charge in [-0.1, -0.05) is 65.9 Å². The second-order valence-electron chi connectivity index (χ2n) is 9.02. The van der Waals surface area contributed by atoms with Crippen LogP contribution in [0.2, 0.25) is 0 Å². The highest BCUT2D eigenvalue weighted by atomic mass is 32.2. The molecule has 0 aliphatic rings. The van der Waals surface area contributed by atoms with Crippen molar-refractivity contribution in [1.82, 2.24) is 24.9 Å². The average Bonchev–Trinajstić information content (AvgIpc) is 3.58. The highest BCUT2D eigenvalue weighted by molar-refractivity contribution is 7.91. The fraction of sp³-hybridized carbons (Fsp3) is 0.185. The van der Waals surface area contributed by atoms with Gasteiger partial charge in [-0.15, -0.1) is 16.4 Å². The van der Waals surface area contributed by atoms with Crippen LogP contribution in [0.25, 0.3) is 10.2 Å². The van der Waals surface area contributed by atoms with Crippen molar-refractivity contribution in [3.05, 3.63) is 102 Å². The van der Waals surface area contributed by atoms with Crippen LogP contribution < -0.4 is 9.88 Å². The van der Waals surface area contributed by atoms with E-state index in [9.17, 15) is 13.2 Å². The molecule has 5 rings (SSSR count). The number of carbonyl (C=O) groups excluding carboxylic acids is 1. The Labute approximate surface area is 229 Å². The van der Waals surface area contributed by atoms with E-state index in [1.807, 2.05) is 60.7 Å². The van der Waals surface area contributed by atoms with Crippen LogP contribution in [0.15, 0.2) is 89.4 Å². The second kappa shape index (κ2) is 11.3. The van der Waals surface area contributed by atoms with Crippen LogP contribution in [-0.2, 0) is 34.4 Å². The Morgan fingerprint density at radius 1 is 1.05 bits per heavy atom. The molecule has 0 bridgehead atoms. The van der Waals surface area contributed by atoms with Gasteiger partial charge in [0.05, 0.1) is 16.4 Å². The highest BCUT2D eigenvalue weighted by Gasteiger charge is 2.26. The van der Waals surface area contributed by atoms with Crippen LogP contribution in [0, 0.1) is 0 Å². The molecule has 0 spiro atoms. The molecule has 10 nitrogen and oxygen atoms in total. The fourth-order valence-electron chi connectivity index (χ4n) is 4.11. The van der Waals surface area contributed by atoms with Crippen molar-refractivity contribution in [2.75, 3.05) is 7.05 Å². The Morgan fingerprint density at radius 2 is 1.74 bits per heavy atom. The molecular weight excluding hydrogens is 536 g/mol. The summed E-state index contributed by atoms with van der Waals surface area (Å²) in [6.45, 7) is 0.585. The third-order valence-electron chi connectivity index (χ3n) is 6.04. The average molecular weight is 563 g/mol. The largest absolute Gasteiger partial charge is 0.487 e. The highest BCUT2D eigenvalue weighted by Crippen LogP contribution is 2.28. The van der Waals surface area contributed by atoms with Gasteiger partial charge < -0.3 is 9.64 Å². The van der Waals surface area contributed by atoms with Crippen molar-refractivity contribution >= 4 is 37.5 Å². The van der Waals surface area contributed by atoms with Crippen LogP contribution in [0.3, 0.4) is 0 Å². The molecule has 0 aliphatic heterocycles. The zero-order valence-electron chi connectivity index (χ0n) is 21.0. The van der Waals surface area contributed by atoms with E-state index in [0.717, 1.165) is 22.5 Å². The number of hydrogen-bond acceptors (Lipinski definition) is 8. The minimum absolute atomic E-state index is 0.0821. The van der Waals surface area contributed by atoms with E-state index in [4.69, 9.17) is 9.88 Å². The maximum atomic E-state index is 13.6. The molecule has 0 aliphatic carbocycles. The predicted octanol–water partition coefficient (Wildman–Crippen LogP) is 3.56. The van der Waals surface area contributed by atoms with Gasteiger partial charge in [0.25, 0.3) is 10.0 Å². The maximum Gasteiger partial charge on any atom is 0.265 e. The van der Waals surface area contributed by atoms with E-state index >= 15 is 0 Å². The van der Waals surface area contributed by atoms with Crippen LogP contribution in [0.4, 0.5) is 0 Å². The first-order valence-corrected chi connectivity index (χ1v) is 14.4. The molecule has 3 aromatic carbocycles. The maximum absolute atomic E-state index is 13.6. The molecular formula is C27H26N6O4S2. The van der Waals surface area contributed by atoms with Crippen LogP contribution in [0.5, 0.6) is 5.75 Å². The van der Waals surface area contributed by atoms with Crippen molar-refractivity contribution in [2.45, 2.75) is 30.0 Å². The zero-order chi connectivity index (χ0) is 27.4. The summed E-state index contributed by atoms with van der Waals surface area (Å²) in [6.07, 6.45) is 2.17. The normalized spacial score (nSPS) is 12.4. The van der Waals surface area contributed by atoms with Gasteiger partial charge >= 0.3 is 0 Å². The summed E-state index contributed by atoms with van der Waals surface area (Å²) >= 11 is 0.977. The lowest BCUT2D eigenvalue weighted by Gasteiger charge is -2.24. The second-order valence-corrected chi connectivity index (χ2v) is 11.8. The molecule has 0 fully saturated rings. The number of benzene rings is 3. The first kappa shape index (κ1) is 26.5. The summed E-state index contributed by atoms with van der Waals surface area (Å²) in [6, 6.07) is 24.1. The van der Waals surface area contributed by atoms with Crippen molar-refractivity contribution in [1.29, 1.82) is 0 Å². The molecule has 1 atom stereocenters. The number of primary sulfonamides is 1. The summed E-state index contributed by atoms with van der Waals surface area (Å²) in [5, 5.41) is 13.7. The lowest BCUT2D eigenvalue weighted by Crippen LogP contribution is -2.35. The number of nitrogens with two attached hydrogens (primary N) is 1. The molecule has 1 unspecified atom stereocenters. The number of amides is 1. The third-order valence-corrected chi connectivity index (χ3v) is 8.38. The number of thiazole rings is 1. The van der Waals surface area contributed by atoms with Crippen molar-refractivity contribution in [2.24, 2.45) is 5.14 Å². The van der Waals surface area contributed by atoms with E-state index in [2.05, 4.69) is 15.3 Å². The molecule has 1 amide bonds. The van der Waals surface area contributed by atoms with E-state index in [1.54, 1.807) is 41.0 Å². The fourth-order valence-corrected chi connectivity index (χ4v) is 5.79. The van der Waals surface area contributed by atoms with Crippen LogP contribution in [0.1, 0.15) is 22.9 Å². The Kier molecular flexibility index (Phi) is 7.68. The van der Waals surface area contributed by atoms with E-state index in [0.29, 0.717) is 34.6 Å². The first-order chi connectivity index (χ1) is 18.8. The Bertz CT molecular complexity index is 1690. The minimum atomic E-state index is -3.88. The van der Waals surface area contributed by atoms with E-state index in [1.165, 1.54) is 0 Å². The van der Waals surface area contributed by atoms with Gasteiger partial charge in [-0.3, -0.25) is 4.79 Å². The summed E-state index contributed by atoms with van der Waals surface area (Å²) in [7, 11) is -2.09. The number of carbonyl (C=O) groups is 1. The molecule has 5 aromatic rings.